The van der Waals surface area contributed by atoms with Gasteiger partial charge in [-0.3, -0.25) is 9.59 Å². The van der Waals surface area contributed by atoms with E-state index in [0.717, 1.165) is 29.8 Å². The topological polar surface area (TPSA) is 79.9 Å². The van der Waals surface area contributed by atoms with Gasteiger partial charge in [0.15, 0.2) is 17.6 Å². The summed E-state index contributed by atoms with van der Waals surface area (Å²) in [5.41, 5.74) is 2.71. The maximum atomic E-state index is 12.1. The number of rotatable bonds is 10. The highest BCUT2D eigenvalue weighted by Gasteiger charge is 2.29. The van der Waals surface area contributed by atoms with E-state index < -0.39 is 6.10 Å². The quantitative estimate of drug-likeness (QED) is 0.604. The number of carbonyl (C=O) groups excluding carboxylic acids is 2. The second-order valence-corrected chi connectivity index (χ2v) is 7.90. The van der Waals surface area contributed by atoms with Crippen molar-refractivity contribution in [2.45, 2.75) is 39.3 Å². The maximum Gasteiger partial charge on any atom is 0.262 e. The van der Waals surface area contributed by atoms with Crippen LogP contribution in [0.4, 0.5) is 11.4 Å². The zero-order valence-electron chi connectivity index (χ0n) is 18.6. The van der Waals surface area contributed by atoms with Gasteiger partial charge in [0.2, 0.25) is 5.91 Å². The fourth-order valence-corrected chi connectivity index (χ4v) is 3.13. The van der Waals surface area contributed by atoms with Crippen LogP contribution < -0.4 is 20.1 Å². The van der Waals surface area contributed by atoms with E-state index in [9.17, 15) is 9.59 Å². The molecule has 2 amide bonds. The first-order valence-corrected chi connectivity index (χ1v) is 10.7. The number of amides is 2. The lowest BCUT2D eigenvalue weighted by atomic mass is 10.2. The van der Waals surface area contributed by atoms with Crippen molar-refractivity contribution in [2.24, 2.45) is 5.92 Å². The van der Waals surface area contributed by atoms with Crippen molar-refractivity contribution in [1.82, 2.24) is 4.90 Å². The number of benzene rings is 2. The Kier molecular flexibility index (Phi) is 7.39. The Morgan fingerprint density at radius 2 is 1.84 bits per heavy atom. The molecule has 0 aliphatic heterocycles. The van der Waals surface area contributed by atoms with Crippen molar-refractivity contribution in [1.29, 1.82) is 0 Å². The van der Waals surface area contributed by atoms with Crippen LogP contribution in [0.3, 0.4) is 0 Å². The molecule has 1 aliphatic rings. The molecular formula is C24H31N3O4. The van der Waals surface area contributed by atoms with Gasteiger partial charge >= 0.3 is 0 Å². The monoisotopic (exact) mass is 425 g/mol. The van der Waals surface area contributed by atoms with Gasteiger partial charge in [-0.15, -0.1) is 0 Å². The molecule has 0 spiro atoms. The van der Waals surface area contributed by atoms with E-state index in [0.29, 0.717) is 24.7 Å². The molecule has 7 nitrogen and oxygen atoms in total. The van der Waals surface area contributed by atoms with Crippen LogP contribution in [0.2, 0.25) is 0 Å². The third-order valence-electron chi connectivity index (χ3n) is 4.98. The third-order valence-corrected chi connectivity index (χ3v) is 4.98. The minimum atomic E-state index is -0.605. The van der Waals surface area contributed by atoms with Crippen LogP contribution in [-0.2, 0) is 16.1 Å². The molecule has 3 rings (SSSR count). The Labute approximate surface area is 183 Å². The number of nitrogens with one attached hydrogen (secondary N) is 2. The zero-order valence-corrected chi connectivity index (χ0v) is 18.6. The molecule has 1 aliphatic carbocycles. The van der Waals surface area contributed by atoms with Crippen LogP contribution in [0.15, 0.2) is 42.5 Å². The first-order chi connectivity index (χ1) is 14.9. The van der Waals surface area contributed by atoms with Gasteiger partial charge in [0.1, 0.15) is 0 Å². The fourth-order valence-electron chi connectivity index (χ4n) is 3.13. The second-order valence-electron chi connectivity index (χ2n) is 7.90. The van der Waals surface area contributed by atoms with Crippen molar-refractivity contribution < 1.29 is 19.1 Å². The van der Waals surface area contributed by atoms with Gasteiger partial charge < -0.3 is 25.0 Å². The van der Waals surface area contributed by atoms with Gasteiger partial charge in [0, 0.05) is 37.9 Å². The van der Waals surface area contributed by atoms with E-state index in [1.165, 1.54) is 4.90 Å². The average molecular weight is 426 g/mol. The summed E-state index contributed by atoms with van der Waals surface area (Å²) in [4.78, 5) is 25.6. The molecule has 0 bridgehead atoms. The van der Waals surface area contributed by atoms with Crippen LogP contribution in [0.5, 0.6) is 11.5 Å². The number of likely N-dealkylation sites (N-methyl/N-ethyl adjacent to an activating group) is 1. The highest BCUT2D eigenvalue weighted by atomic mass is 16.5. The third kappa shape index (κ3) is 6.38. The molecule has 1 fully saturated rings. The van der Waals surface area contributed by atoms with Crippen LogP contribution in [0, 0.1) is 5.92 Å². The summed E-state index contributed by atoms with van der Waals surface area (Å²) in [5.74, 6) is 1.30. The molecule has 0 heterocycles. The van der Waals surface area contributed by atoms with Crippen molar-refractivity contribution in [3.63, 3.8) is 0 Å². The summed E-state index contributed by atoms with van der Waals surface area (Å²) in [6.45, 7) is 4.70. The Hall–Kier alpha value is -3.22. The summed E-state index contributed by atoms with van der Waals surface area (Å²) in [6.07, 6.45) is 1.35. The van der Waals surface area contributed by atoms with E-state index in [1.807, 2.05) is 49.4 Å². The number of hydrogen-bond donors (Lipinski definition) is 2. The molecule has 31 heavy (non-hydrogen) atoms. The predicted octanol–water partition coefficient (Wildman–Crippen LogP) is 3.90. The van der Waals surface area contributed by atoms with Gasteiger partial charge in [-0.05, 0) is 62.6 Å². The number of hydrogen-bond acceptors (Lipinski definition) is 5. The Bertz CT molecular complexity index is 925. The molecule has 166 valence electrons. The highest BCUT2D eigenvalue weighted by molar-refractivity contribution is 5.94. The SMILES string of the molecule is CCOc1cc(CNc2cccc(NC(=O)C3CC3)c2)ccc1OC(C)C(=O)N(C)C. The van der Waals surface area contributed by atoms with Gasteiger partial charge in [-0.1, -0.05) is 12.1 Å². The Morgan fingerprint density at radius 3 is 2.52 bits per heavy atom. The maximum absolute atomic E-state index is 12.1. The Balaban J connectivity index is 1.64. The molecule has 2 aromatic carbocycles. The molecule has 2 N–H and O–H groups in total. The number of ether oxygens (including phenoxy) is 2. The summed E-state index contributed by atoms with van der Waals surface area (Å²) >= 11 is 0. The van der Waals surface area contributed by atoms with Crippen molar-refractivity contribution in [3.05, 3.63) is 48.0 Å². The lowest BCUT2D eigenvalue weighted by molar-refractivity contribution is -0.135. The van der Waals surface area contributed by atoms with E-state index >= 15 is 0 Å². The molecular weight excluding hydrogens is 394 g/mol. The summed E-state index contributed by atoms with van der Waals surface area (Å²) in [5, 5.41) is 6.34. The normalized spacial score (nSPS) is 13.8. The van der Waals surface area contributed by atoms with Crippen LogP contribution >= 0.6 is 0 Å². The zero-order chi connectivity index (χ0) is 22.4. The highest BCUT2D eigenvalue weighted by Crippen LogP contribution is 2.31. The van der Waals surface area contributed by atoms with E-state index in [4.69, 9.17) is 9.47 Å². The number of nitrogens with zero attached hydrogens (tertiary/aromatic N) is 1. The summed E-state index contributed by atoms with van der Waals surface area (Å²) in [7, 11) is 3.40. The standard InChI is InChI=1S/C24H31N3O4/c1-5-30-22-13-17(9-12-21(22)31-16(2)24(29)27(3)4)15-25-19-7-6-8-20(14-19)26-23(28)18-10-11-18/h6-9,12-14,16,18,25H,5,10-11,15H2,1-4H3,(H,26,28). The average Bonchev–Trinajstić information content (AvgIpc) is 3.59. The molecule has 0 saturated heterocycles. The van der Waals surface area contributed by atoms with E-state index in [2.05, 4.69) is 10.6 Å². The molecule has 7 heteroatoms. The predicted molar refractivity (Wildman–Crippen MR) is 122 cm³/mol. The first kappa shape index (κ1) is 22.5. The minimum absolute atomic E-state index is 0.0936. The lowest BCUT2D eigenvalue weighted by Crippen LogP contribution is -2.35. The van der Waals surface area contributed by atoms with Gasteiger partial charge in [-0.25, -0.2) is 0 Å². The van der Waals surface area contributed by atoms with E-state index in [1.54, 1.807) is 21.0 Å². The molecule has 1 atom stereocenters. The second kappa shape index (κ2) is 10.2. The van der Waals surface area contributed by atoms with Gasteiger partial charge in [0.25, 0.3) is 5.91 Å². The van der Waals surface area contributed by atoms with E-state index in [-0.39, 0.29) is 17.7 Å². The number of anilines is 2. The Morgan fingerprint density at radius 1 is 1.10 bits per heavy atom. The largest absolute Gasteiger partial charge is 0.490 e. The fraction of sp³-hybridized carbons (Fsp3) is 0.417. The minimum Gasteiger partial charge on any atom is -0.490 e. The van der Waals surface area contributed by atoms with Crippen LogP contribution in [0.1, 0.15) is 32.3 Å². The smallest absolute Gasteiger partial charge is 0.262 e. The van der Waals surface area contributed by atoms with Gasteiger partial charge in [-0.2, -0.15) is 0 Å². The van der Waals surface area contributed by atoms with Crippen molar-refractivity contribution >= 4 is 23.2 Å². The lowest BCUT2D eigenvalue weighted by Gasteiger charge is -2.20. The molecule has 0 radical (unpaired) electrons. The van der Waals surface area contributed by atoms with Crippen molar-refractivity contribution in [3.8, 4) is 11.5 Å². The number of carbonyl (C=O) groups is 2. The first-order valence-electron chi connectivity index (χ1n) is 10.7. The van der Waals surface area contributed by atoms with Gasteiger partial charge in [0.05, 0.1) is 6.61 Å². The summed E-state index contributed by atoms with van der Waals surface area (Å²) < 4.78 is 11.6. The van der Waals surface area contributed by atoms with Crippen LogP contribution in [0.25, 0.3) is 0 Å². The van der Waals surface area contributed by atoms with Crippen LogP contribution in [-0.4, -0.2) is 43.5 Å². The molecule has 1 saturated carbocycles. The summed E-state index contributed by atoms with van der Waals surface area (Å²) in [6, 6.07) is 13.4. The molecule has 0 aromatic heterocycles. The molecule has 2 aromatic rings. The van der Waals surface area contributed by atoms with Crippen molar-refractivity contribution in [2.75, 3.05) is 31.3 Å². The molecule has 1 unspecified atom stereocenters.